The molecule has 0 saturated carbocycles. The fourth-order valence-corrected chi connectivity index (χ4v) is 3.70. The Morgan fingerprint density at radius 1 is 1.00 bits per heavy atom. The van der Waals surface area contributed by atoms with E-state index in [1.165, 1.54) is 27.8 Å². The van der Waals surface area contributed by atoms with Crippen LogP contribution in [0.3, 0.4) is 0 Å². The van der Waals surface area contributed by atoms with Gasteiger partial charge in [0, 0.05) is 6.08 Å². The Kier molecular flexibility index (Phi) is 5.91. The van der Waals surface area contributed by atoms with Crippen LogP contribution in [-0.2, 0) is 22.7 Å². The molecule has 0 spiro atoms. The van der Waals surface area contributed by atoms with Crippen molar-refractivity contribution in [2.45, 2.75) is 58.8 Å². The van der Waals surface area contributed by atoms with Crippen LogP contribution in [0.1, 0.15) is 55.9 Å². The van der Waals surface area contributed by atoms with E-state index < -0.39 is 0 Å². The molecule has 0 aromatic heterocycles. The summed E-state index contributed by atoms with van der Waals surface area (Å²) in [5.41, 5.74) is 7.69. The Bertz CT molecular complexity index is 701. The van der Waals surface area contributed by atoms with Crippen LogP contribution in [0.4, 0.5) is 0 Å². The van der Waals surface area contributed by atoms with Crippen molar-refractivity contribution >= 4 is 5.78 Å². The van der Waals surface area contributed by atoms with Crippen molar-refractivity contribution in [3.8, 4) is 0 Å². The summed E-state index contributed by atoms with van der Waals surface area (Å²) in [7, 11) is 1.79. The van der Waals surface area contributed by atoms with Crippen molar-refractivity contribution in [1.29, 1.82) is 0 Å². The van der Waals surface area contributed by atoms with Gasteiger partial charge >= 0.3 is 5.78 Å². The van der Waals surface area contributed by atoms with Crippen LogP contribution in [0.25, 0.3) is 0 Å². The molecule has 0 aliphatic heterocycles. The normalized spacial score (nSPS) is 22.0. The van der Waals surface area contributed by atoms with Crippen molar-refractivity contribution < 1.29 is 21.4 Å². The summed E-state index contributed by atoms with van der Waals surface area (Å²) in [5, 5.41) is 0. The molecule has 1 unspecified atom stereocenters. The molecule has 4 bridgehead atoms. The molecule has 130 valence electrons. The molecule has 0 saturated heterocycles. The van der Waals surface area contributed by atoms with Gasteiger partial charge in [-0.2, -0.15) is 0 Å². The molecule has 0 N–H and O–H groups in total. The van der Waals surface area contributed by atoms with Crippen molar-refractivity contribution in [1.82, 2.24) is 0 Å². The minimum atomic E-state index is 0. The van der Waals surface area contributed by atoms with Crippen molar-refractivity contribution in [3.63, 3.8) is 0 Å². The largest absolute Gasteiger partial charge is 1.00 e. The van der Waals surface area contributed by atoms with Crippen LogP contribution in [0, 0.1) is 12.8 Å². The highest BCUT2D eigenvalue weighted by molar-refractivity contribution is 5.95. The number of benzene rings is 1. The van der Waals surface area contributed by atoms with E-state index in [1.54, 1.807) is 7.11 Å². The number of aryl methyl sites for hydroxylation is 2. The van der Waals surface area contributed by atoms with E-state index in [0.29, 0.717) is 5.92 Å². The average Bonchev–Trinajstić information content (AvgIpc) is 2.50. The second kappa shape index (κ2) is 7.39. The Morgan fingerprint density at radius 2 is 1.67 bits per heavy atom. The monoisotopic (exact) mass is 388 g/mol. The number of fused-ring (bicyclic) bond motifs is 3. The molecule has 1 atom stereocenters. The summed E-state index contributed by atoms with van der Waals surface area (Å²) in [6, 6.07) is 4.88. The summed E-state index contributed by atoms with van der Waals surface area (Å²) in [5.74, 6) is 1.54. The van der Waals surface area contributed by atoms with Crippen LogP contribution < -0.4 is 17.0 Å². The topological polar surface area (TPSA) is 11.3 Å². The summed E-state index contributed by atoms with van der Waals surface area (Å²) in [4.78, 5) is 0. The van der Waals surface area contributed by atoms with Crippen molar-refractivity contribution in [3.05, 3.63) is 58.2 Å². The second-order valence-corrected chi connectivity index (χ2v) is 8.00. The first kappa shape index (κ1) is 19.2. The fraction of sp³-hybridized carbons (Fsp3) is 0.500. The van der Waals surface area contributed by atoms with Gasteiger partial charge in [-0.05, 0) is 60.3 Å². The van der Waals surface area contributed by atoms with Gasteiger partial charge in [0.25, 0.3) is 7.11 Å². The first-order valence-electron chi connectivity index (χ1n) is 8.81. The van der Waals surface area contributed by atoms with E-state index in [2.05, 4.69) is 58.1 Å². The highest BCUT2D eigenvalue weighted by Gasteiger charge is 2.26. The molecule has 2 aliphatic rings. The summed E-state index contributed by atoms with van der Waals surface area (Å²) >= 11 is 0. The lowest BCUT2D eigenvalue weighted by molar-refractivity contribution is -0.421. The third-order valence-electron chi connectivity index (χ3n) is 5.37. The van der Waals surface area contributed by atoms with Gasteiger partial charge in [-0.15, -0.1) is 0 Å². The van der Waals surface area contributed by atoms with E-state index in [9.17, 15) is 0 Å². The Labute approximate surface area is 157 Å². The number of allylic oxidation sites excluding steroid dienone is 4. The second-order valence-electron chi connectivity index (χ2n) is 8.00. The Morgan fingerprint density at radius 3 is 2.29 bits per heavy atom. The van der Waals surface area contributed by atoms with Crippen molar-refractivity contribution in [2.75, 3.05) is 7.11 Å². The van der Waals surface area contributed by atoms with E-state index in [0.717, 1.165) is 31.5 Å². The quantitative estimate of drug-likeness (QED) is 0.602. The van der Waals surface area contributed by atoms with Gasteiger partial charge in [0.05, 0.1) is 5.92 Å². The molecule has 0 heterocycles. The highest BCUT2D eigenvalue weighted by Crippen LogP contribution is 2.32. The fourth-order valence-electron chi connectivity index (χ4n) is 3.70. The number of ketones is 1. The maximum Gasteiger partial charge on any atom is 0.325 e. The van der Waals surface area contributed by atoms with Crippen LogP contribution in [-0.4, -0.2) is 12.9 Å². The average molecular weight is 389 g/mol. The molecule has 2 aliphatic carbocycles. The number of hydrogen-bond acceptors (Lipinski definition) is 0. The Balaban J connectivity index is 0.00000208. The van der Waals surface area contributed by atoms with E-state index in [4.69, 9.17) is 4.42 Å². The molecule has 0 amide bonds. The lowest BCUT2D eigenvalue weighted by atomic mass is 9.79. The smallest absolute Gasteiger partial charge is 0.325 e. The summed E-state index contributed by atoms with van der Waals surface area (Å²) in [6.07, 6.45) is 11.3. The van der Waals surface area contributed by atoms with Crippen LogP contribution in [0.2, 0.25) is 0 Å². The van der Waals surface area contributed by atoms with Crippen LogP contribution >= 0.6 is 0 Å². The maximum absolute atomic E-state index is 5.59. The first-order chi connectivity index (χ1) is 10.9. The molecular formula is C22H29BrO. The number of hydrogen-bond donors (Lipinski definition) is 0. The number of halogens is 1. The zero-order valence-electron chi connectivity index (χ0n) is 15.6. The first-order valence-corrected chi connectivity index (χ1v) is 8.81. The van der Waals surface area contributed by atoms with E-state index in [-0.39, 0.29) is 22.4 Å². The van der Waals surface area contributed by atoms with Gasteiger partial charge in [0.2, 0.25) is 0 Å². The zero-order chi connectivity index (χ0) is 16.6. The molecule has 2 heteroatoms. The molecule has 24 heavy (non-hydrogen) atoms. The standard InChI is InChI=1S/C22H29O.BrH/c1-15-17-8-6-16-7-11-21(23-5)19(12-16)10-9-18(15)14-20(13-17)22(2,3)4;/h7,11-14,19H,6,8-10H2,1-5H3;1H/q+1;/p-1. The van der Waals surface area contributed by atoms with Gasteiger partial charge in [0.15, 0.2) is 0 Å². The Hall–Kier alpha value is -1.15. The lowest BCUT2D eigenvalue weighted by Crippen LogP contribution is -3.00. The van der Waals surface area contributed by atoms with E-state index >= 15 is 0 Å². The van der Waals surface area contributed by atoms with Gasteiger partial charge in [0.1, 0.15) is 0 Å². The van der Waals surface area contributed by atoms with Gasteiger partial charge < -0.3 is 17.0 Å². The molecule has 3 rings (SSSR count). The molecule has 0 radical (unpaired) electrons. The minimum absolute atomic E-state index is 0. The van der Waals surface area contributed by atoms with Gasteiger partial charge in [-0.25, -0.2) is 0 Å². The predicted molar refractivity (Wildman–Crippen MR) is 98.2 cm³/mol. The summed E-state index contributed by atoms with van der Waals surface area (Å²) < 4.78 is 5.59. The molecule has 1 nitrogen and oxygen atoms in total. The third-order valence-corrected chi connectivity index (χ3v) is 5.37. The van der Waals surface area contributed by atoms with Crippen LogP contribution in [0.15, 0.2) is 35.9 Å². The molecule has 0 fully saturated rings. The highest BCUT2D eigenvalue weighted by atomic mass is 79.9. The minimum Gasteiger partial charge on any atom is -1.00 e. The SMILES string of the molecule is C[O+]=C1C=CC2=CC1CCc1cc(C(C)(C)C)cc(c1C)CC2.[Br-]. The number of carbonyl (C=O) groups excluding carboxylic acids is 1. The van der Waals surface area contributed by atoms with E-state index in [1.807, 2.05) is 0 Å². The van der Waals surface area contributed by atoms with Crippen LogP contribution in [0.5, 0.6) is 0 Å². The maximum atomic E-state index is 5.59. The van der Waals surface area contributed by atoms with Gasteiger partial charge in [-0.1, -0.05) is 50.6 Å². The lowest BCUT2D eigenvalue weighted by Gasteiger charge is -2.25. The third kappa shape index (κ3) is 3.91. The molecular weight excluding hydrogens is 360 g/mol. The van der Waals surface area contributed by atoms with Crippen molar-refractivity contribution in [2.24, 2.45) is 5.92 Å². The summed E-state index contributed by atoms with van der Waals surface area (Å²) in [6.45, 7) is 9.25. The number of rotatable bonds is 0. The molecule has 1 aromatic rings. The zero-order valence-corrected chi connectivity index (χ0v) is 17.2. The predicted octanol–water partition coefficient (Wildman–Crippen LogP) is 2.02. The molecule has 1 aromatic carbocycles. The van der Waals surface area contributed by atoms with Gasteiger partial charge in [-0.3, -0.25) is 4.42 Å².